The quantitative estimate of drug-likeness (QED) is 0.701. The van der Waals surface area contributed by atoms with Crippen molar-refractivity contribution in [1.29, 1.82) is 0 Å². The number of anilines is 2. The summed E-state index contributed by atoms with van der Waals surface area (Å²) in [6.45, 7) is 0.471. The molecule has 2 N–H and O–H groups in total. The zero-order chi connectivity index (χ0) is 19.0. The predicted molar refractivity (Wildman–Crippen MR) is 102 cm³/mol. The molecule has 1 aromatic carbocycles. The number of urea groups is 1. The maximum Gasteiger partial charge on any atom is 0.322 e. The fourth-order valence-corrected chi connectivity index (χ4v) is 3.32. The average molecular weight is 405 g/mol. The Balaban J connectivity index is 1.42. The Morgan fingerprint density at radius 3 is 2.85 bits per heavy atom. The molecule has 4 rings (SSSR count). The Morgan fingerprint density at radius 2 is 2.04 bits per heavy atom. The number of carbonyl (C=O) groups is 2. The van der Waals surface area contributed by atoms with Crippen LogP contribution >= 0.6 is 23.2 Å². The molecule has 1 unspecified atom stereocenters. The molecular weight excluding hydrogens is 391 g/mol. The number of halogens is 2. The van der Waals surface area contributed by atoms with Gasteiger partial charge in [0.2, 0.25) is 5.91 Å². The minimum Gasteiger partial charge on any atom is -0.326 e. The molecule has 1 aliphatic heterocycles. The van der Waals surface area contributed by atoms with Gasteiger partial charge in [-0.25, -0.2) is 9.31 Å². The molecule has 0 radical (unpaired) electrons. The summed E-state index contributed by atoms with van der Waals surface area (Å²) in [7, 11) is 0. The van der Waals surface area contributed by atoms with Gasteiger partial charge in [0.05, 0.1) is 10.7 Å². The molecule has 3 heterocycles. The molecule has 3 amide bonds. The van der Waals surface area contributed by atoms with Crippen molar-refractivity contribution in [3.8, 4) is 0 Å². The van der Waals surface area contributed by atoms with E-state index in [1.54, 1.807) is 41.4 Å². The highest BCUT2D eigenvalue weighted by atomic mass is 35.5. The van der Waals surface area contributed by atoms with E-state index in [-0.39, 0.29) is 11.9 Å². The van der Waals surface area contributed by atoms with E-state index in [9.17, 15) is 9.59 Å². The van der Waals surface area contributed by atoms with E-state index in [0.717, 1.165) is 0 Å². The Kier molecular flexibility index (Phi) is 4.59. The normalized spacial score (nSPS) is 16.7. The molecule has 0 saturated carbocycles. The van der Waals surface area contributed by atoms with E-state index in [1.165, 1.54) is 4.52 Å². The lowest BCUT2D eigenvalue weighted by Gasteiger charge is -2.18. The Morgan fingerprint density at radius 1 is 1.22 bits per heavy atom. The number of nitrogens with one attached hydrogen (secondary N) is 2. The maximum absolute atomic E-state index is 12.6. The summed E-state index contributed by atoms with van der Waals surface area (Å²) in [5, 5.41) is 10.3. The highest BCUT2D eigenvalue weighted by Gasteiger charge is 2.34. The van der Waals surface area contributed by atoms with Gasteiger partial charge < -0.3 is 10.2 Å². The van der Waals surface area contributed by atoms with Crippen LogP contribution in [0.1, 0.15) is 6.42 Å². The highest BCUT2D eigenvalue weighted by molar-refractivity contribution is 6.34. The van der Waals surface area contributed by atoms with Crippen LogP contribution < -0.4 is 15.5 Å². The molecule has 0 aliphatic carbocycles. The maximum atomic E-state index is 12.6. The third-order valence-electron chi connectivity index (χ3n) is 4.18. The first kappa shape index (κ1) is 17.6. The fraction of sp³-hybridized carbons (Fsp3) is 0.176. The van der Waals surface area contributed by atoms with E-state index >= 15 is 0 Å². The molecule has 10 heteroatoms. The third-order valence-corrected chi connectivity index (χ3v) is 4.73. The minimum absolute atomic E-state index is 0.114. The number of benzene rings is 1. The summed E-state index contributed by atoms with van der Waals surface area (Å²) in [6, 6.07) is 9.18. The van der Waals surface area contributed by atoms with Gasteiger partial charge in [-0.05, 0) is 24.6 Å². The van der Waals surface area contributed by atoms with Crippen LogP contribution in [-0.2, 0) is 4.79 Å². The molecule has 1 saturated heterocycles. The van der Waals surface area contributed by atoms with E-state index in [4.69, 9.17) is 23.2 Å². The average Bonchev–Trinajstić information content (AvgIpc) is 3.18. The molecule has 1 atom stereocenters. The number of aromatic nitrogens is 3. The molecule has 1 aliphatic rings. The van der Waals surface area contributed by atoms with Crippen molar-refractivity contribution in [3.05, 3.63) is 52.6 Å². The summed E-state index contributed by atoms with van der Waals surface area (Å²) in [6.07, 6.45) is 2.11. The number of para-hydroxylation sites is 1. The second-order valence-electron chi connectivity index (χ2n) is 5.96. The minimum atomic E-state index is -0.646. The van der Waals surface area contributed by atoms with Gasteiger partial charge in [-0.3, -0.25) is 10.1 Å². The van der Waals surface area contributed by atoms with Crippen molar-refractivity contribution in [2.75, 3.05) is 16.8 Å². The molecule has 2 aromatic heterocycles. The van der Waals surface area contributed by atoms with E-state index in [0.29, 0.717) is 34.3 Å². The zero-order valence-corrected chi connectivity index (χ0v) is 15.4. The van der Waals surface area contributed by atoms with Crippen molar-refractivity contribution in [2.45, 2.75) is 12.5 Å². The third kappa shape index (κ3) is 3.54. The SMILES string of the molecule is O=C(Nc1nc2cc(Cl)ccn2n1)NC1CCN(c2ccccc2Cl)C1=O. The number of pyridine rings is 1. The summed E-state index contributed by atoms with van der Waals surface area (Å²) in [5.74, 6) is -0.101. The van der Waals surface area contributed by atoms with Gasteiger partial charge in [0, 0.05) is 23.8 Å². The second kappa shape index (κ2) is 7.05. The molecule has 3 aromatic rings. The fourth-order valence-electron chi connectivity index (χ4n) is 2.93. The van der Waals surface area contributed by atoms with Crippen LogP contribution in [0.3, 0.4) is 0 Å². The lowest BCUT2D eigenvalue weighted by molar-refractivity contribution is -0.118. The summed E-state index contributed by atoms with van der Waals surface area (Å²) in [5.41, 5.74) is 1.13. The number of rotatable bonds is 3. The monoisotopic (exact) mass is 404 g/mol. The number of hydrogen-bond acceptors (Lipinski definition) is 4. The summed E-state index contributed by atoms with van der Waals surface area (Å²) in [4.78, 5) is 30.6. The number of hydrogen-bond donors (Lipinski definition) is 2. The smallest absolute Gasteiger partial charge is 0.322 e. The van der Waals surface area contributed by atoms with Gasteiger partial charge in [0.1, 0.15) is 6.04 Å². The number of nitrogens with zero attached hydrogens (tertiary/aromatic N) is 4. The summed E-state index contributed by atoms with van der Waals surface area (Å²) < 4.78 is 1.49. The van der Waals surface area contributed by atoms with Crippen LogP contribution in [0.2, 0.25) is 10.0 Å². The standard InChI is InChI=1S/C17H14Cl2N6O2/c18-10-5-8-25-14(9-10)21-16(23-25)22-17(27)20-12-6-7-24(15(12)26)13-4-2-1-3-11(13)19/h1-5,8-9,12H,6-7H2,(H2,20,22,23,27). The molecule has 0 spiro atoms. The van der Waals surface area contributed by atoms with Gasteiger partial charge >= 0.3 is 6.03 Å². The van der Waals surface area contributed by atoms with Gasteiger partial charge in [0.25, 0.3) is 5.95 Å². The van der Waals surface area contributed by atoms with Gasteiger partial charge in [-0.1, -0.05) is 35.3 Å². The van der Waals surface area contributed by atoms with Crippen molar-refractivity contribution < 1.29 is 9.59 Å². The largest absolute Gasteiger partial charge is 0.326 e. The lowest BCUT2D eigenvalue weighted by Crippen LogP contribution is -2.43. The van der Waals surface area contributed by atoms with E-state index in [2.05, 4.69) is 20.7 Å². The first-order chi connectivity index (χ1) is 13.0. The van der Waals surface area contributed by atoms with Crippen LogP contribution in [0.5, 0.6) is 0 Å². The number of amides is 3. The molecule has 27 heavy (non-hydrogen) atoms. The van der Waals surface area contributed by atoms with Gasteiger partial charge in [-0.2, -0.15) is 4.98 Å². The van der Waals surface area contributed by atoms with Crippen LogP contribution in [0.15, 0.2) is 42.6 Å². The summed E-state index contributed by atoms with van der Waals surface area (Å²) >= 11 is 12.1. The van der Waals surface area contributed by atoms with Crippen molar-refractivity contribution in [2.24, 2.45) is 0 Å². The Hall–Kier alpha value is -2.84. The van der Waals surface area contributed by atoms with Crippen molar-refractivity contribution >= 4 is 52.4 Å². The van der Waals surface area contributed by atoms with Crippen LogP contribution in [0.4, 0.5) is 16.4 Å². The Labute approximate surface area is 164 Å². The van der Waals surface area contributed by atoms with Crippen molar-refractivity contribution in [3.63, 3.8) is 0 Å². The lowest BCUT2D eigenvalue weighted by atomic mass is 10.2. The molecule has 0 bridgehead atoms. The van der Waals surface area contributed by atoms with Crippen molar-refractivity contribution in [1.82, 2.24) is 19.9 Å². The van der Waals surface area contributed by atoms with Crippen LogP contribution in [0.25, 0.3) is 5.65 Å². The van der Waals surface area contributed by atoms with Crippen LogP contribution in [0, 0.1) is 0 Å². The Bertz CT molecular complexity index is 1040. The molecule has 138 valence electrons. The van der Waals surface area contributed by atoms with Gasteiger partial charge in [0.15, 0.2) is 5.65 Å². The first-order valence-electron chi connectivity index (χ1n) is 8.16. The molecule has 1 fully saturated rings. The second-order valence-corrected chi connectivity index (χ2v) is 6.81. The van der Waals surface area contributed by atoms with Gasteiger partial charge in [-0.15, -0.1) is 5.10 Å². The topological polar surface area (TPSA) is 91.6 Å². The van der Waals surface area contributed by atoms with E-state index < -0.39 is 12.1 Å². The zero-order valence-electron chi connectivity index (χ0n) is 13.9. The van der Waals surface area contributed by atoms with E-state index in [1.807, 2.05) is 6.07 Å². The highest BCUT2D eigenvalue weighted by Crippen LogP contribution is 2.29. The first-order valence-corrected chi connectivity index (χ1v) is 8.92. The molecular formula is C17H14Cl2N6O2. The predicted octanol–water partition coefficient (Wildman–Crippen LogP) is 2.96. The molecule has 8 nitrogen and oxygen atoms in total. The number of carbonyl (C=O) groups excluding carboxylic acids is 2. The van der Waals surface area contributed by atoms with Crippen LogP contribution in [-0.4, -0.2) is 39.1 Å². The number of fused-ring (bicyclic) bond motifs is 1.